The molecule has 1 aromatic carbocycles. The van der Waals surface area contributed by atoms with E-state index in [0.717, 1.165) is 54.0 Å². The molecule has 8 nitrogen and oxygen atoms in total. The summed E-state index contributed by atoms with van der Waals surface area (Å²) in [6, 6.07) is 6.05. The highest BCUT2D eigenvalue weighted by atomic mass is 16.5. The van der Waals surface area contributed by atoms with Crippen LogP contribution in [0.2, 0.25) is 0 Å². The Bertz CT molecular complexity index is 949. The summed E-state index contributed by atoms with van der Waals surface area (Å²) in [5.74, 6) is 3.93. The van der Waals surface area contributed by atoms with Gasteiger partial charge in [-0.15, -0.1) is 10.2 Å². The predicted molar refractivity (Wildman–Crippen MR) is 98.6 cm³/mol. The van der Waals surface area contributed by atoms with Crippen LogP contribution >= 0.6 is 0 Å². The quantitative estimate of drug-likeness (QED) is 0.684. The predicted octanol–water partition coefficient (Wildman–Crippen LogP) is 2.84. The Hall–Kier alpha value is -2.87. The number of oxazole rings is 1. The summed E-state index contributed by atoms with van der Waals surface area (Å²) < 4.78 is 18.3. The van der Waals surface area contributed by atoms with E-state index in [1.165, 1.54) is 0 Å². The highest BCUT2D eigenvalue weighted by Gasteiger charge is 2.29. The molecule has 1 atom stereocenters. The van der Waals surface area contributed by atoms with Crippen LogP contribution in [0.5, 0.6) is 11.5 Å². The van der Waals surface area contributed by atoms with E-state index in [-0.39, 0.29) is 6.04 Å². The molecule has 142 valence electrons. The summed E-state index contributed by atoms with van der Waals surface area (Å²) in [6.07, 6.45) is 1.63. The van der Waals surface area contributed by atoms with Crippen LogP contribution in [-0.2, 0) is 13.1 Å². The van der Waals surface area contributed by atoms with Gasteiger partial charge in [0.05, 0.1) is 20.3 Å². The number of hydrogen-bond acceptors (Lipinski definition) is 7. The maximum Gasteiger partial charge on any atom is 0.191 e. The first-order valence-corrected chi connectivity index (χ1v) is 8.91. The summed E-state index contributed by atoms with van der Waals surface area (Å²) in [4.78, 5) is 6.75. The molecule has 4 rings (SSSR count). The Morgan fingerprint density at radius 2 is 2.04 bits per heavy atom. The lowest BCUT2D eigenvalue weighted by Crippen LogP contribution is -2.36. The fourth-order valence-corrected chi connectivity index (χ4v) is 3.50. The topological polar surface area (TPSA) is 78.4 Å². The van der Waals surface area contributed by atoms with Crippen LogP contribution in [0.25, 0.3) is 11.5 Å². The number of rotatable bonds is 5. The molecule has 8 heteroatoms. The van der Waals surface area contributed by atoms with E-state index in [4.69, 9.17) is 13.9 Å². The molecule has 0 N–H and O–H groups in total. The third-order valence-corrected chi connectivity index (χ3v) is 5.03. The molecule has 0 bridgehead atoms. The number of methoxy groups -OCH3 is 2. The Balaban J connectivity index is 1.58. The average Bonchev–Trinajstić information content (AvgIpc) is 3.30. The molecule has 0 saturated heterocycles. The van der Waals surface area contributed by atoms with E-state index >= 15 is 0 Å². The minimum Gasteiger partial charge on any atom is -0.497 e. The van der Waals surface area contributed by atoms with E-state index in [1.54, 1.807) is 20.5 Å². The Labute approximate surface area is 157 Å². The largest absolute Gasteiger partial charge is 0.497 e. The molecule has 2 aromatic heterocycles. The molecule has 0 radical (unpaired) electrons. The fourth-order valence-electron chi connectivity index (χ4n) is 3.50. The van der Waals surface area contributed by atoms with Gasteiger partial charge in [0.1, 0.15) is 23.5 Å². The SMILES string of the molecule is COc1ccc(CN2CCn3c(-c4coc(C)n4)nnc3[C@@H]2C)c(OC)c1. The summed E-state index contributed by atoms with van der Waals surface area (Å²) in [6.45, 7) is 6.41. The number of nitrogens with zero attached hydrogens (tertiary/aromatic N) is 5. The normalized spacial score (nSPS) is 17.0. The van der Waals surface area contributed by atoms with Gasteiger partial charge in [0, 0.05) is 38.2 Å². The van der Waals surface area contributed by atoms with Gasteiger partial charge < -0.3 is 18.5 Å². The lowest BCUT2D eigenvalue weighted by Gasteiger charge is -2.33. The highest BCUT2D eigenvalue weighted by molar-refractivity contribution is 5.48. The summed E-state index contributed by atoms with van der Waals surface area (Å²) >= 11 is 0. The fraction of sp³-hybridized carbons (Fsp3) is 0.421. The number of hydrogen-bond donors (Lipinski definition) is 0. The van der Waals surface area contributed by atoms with Crippen LogP contribution in [-0.4, -0.2) is 45.4 Å². The monoisotopic (exact) mass is 369 g/mol. The number of aryl methyl sites for hydroxylation is 1. The molecular weight excluding hydrogens is 346 g/mol. The molecule has 0 unspecified atom stereocenters. The zero-order chi connectivity index (χ0) is 19.0. The van der Waals surface area contributed by atoms with E-state index < -0.39 is 0 Å². The molecule has 1 aliphatic heterocycles. The Morgan fingerprint density at radius 3 is 2.74 bits per heavy atom. The van der Waals surface area contributed by atoms with Crippen LogP contribution in [0.1, 0.15) is 30.2 Å². The number of benzene rings is 1. The van der Waals surface area contributed by atoms with Crippen molar-refractivity contribution in [3.63, 3.8) is 0 Å². The lowest BCUT2D eigenvalue weighted by atomic mass is 10.1. The first-order valence-electron chi connectivity index (χ1n) is 8.91. The van der Waals surface area contributed by atoms with Gasteiger partial charge in [-0.25, -0.2) is 4.98 Å². The molecule has 0 aliphatic carbocycles. The molecule has 3 heterocycles. The van der Waals surface area contributed by atoms with Crippen molar-refractivity contribution in [2.75, 3.05) is 20.8 Å². The first-order chi connectivity index (χ1) is 13.1. The second kappa shape index (κ2) is 7.03. The third kappa shape index (κ3) is 3.16. The minimum absolute atomic E-state index is 0.125. The second-order valence-electron chi connectivity index (χ2n) is 6.61. The standard InChI is InChI=1S/C19H23N5O3/c1-12-18-21-22-19(16-11-27-13(2)20-16)24(18)8-7-23(12)10-14-5-6-15(25-3)9-17(14)26-4/h5-6,9,11-12H,7-8,10H2,1-4H3/t12-/m0/s1. The van der Waals surface area contributed by atoms with Gasteiger partial charge in [0.25, 0.3) is 0 Å². The molecule has 3 aromatic rings. The Morgan fingerprint density at radius 1 is 1.19 bits per heavy atom. The molecule has 0 fully saturated rings. The molecule has 1 aliphatic rings. The molecule has 27 heavy (non-hydrogen) atoms. The van der Waals surface area contributed by atoms with Gasteiger partial charge in [0.15, 0.2) is 17.5 Å². The van der Waals surface area contributed by atoms with E-state index in [1.807, 2.05) is 25.1 Å². The maximum atomic E-state index is 5.54. The van der Waals surface area contributed by atoms with Gasteiger partial charge in [-0.3, -0.25) is 4.90 Å². The number of ether oxygens (including phenoxy) is 2. The van der Waals surface area contributed by atoms with Crippen LogP contribution in [0.15, 0.2) is 28.9 Å². The Kier molecular flexibility index (Phi) is 4.57. The van der Waals surface area contributed by atoms with E-state index in [2.05, 4.69) is 31.6 Å². The number of aromatic nitrogens is 4. The van der Waals surface area contributed by atoms with Gasteiger partial charge in [0.2, 0.25) is 0 Å². The van der Waals surface area contributed by atoms with E-state index in [0.29, 0.717) is 5.89 Å². The van der Waals surface area contributed by atoms with Crippen LogP contribution in [0.3, 0.4) is 0 Å². The summed E-state index contributed by atoms with van der Waals surface area (Å²) in [5, 5.41) is 8.78. The molecular formula is C19H23N5O3. The third-order valence-electron chi connectivity index (χ3n) is 5.03. The molecule has 0 amide bonds. The van der Waals surface area contributed by atoms with Crippen LogP contribution in [0.4, 0.5) is 0 Å². The van der Waals surface area contributed by atoms with Gasteiger partial charge in [-0.1, -0.05) is 6.07 Å². The number of fused-ring (bicyclic) bond motifs is 1. The average molecular weight is 369 g/mol. The second-order valence-corrected chi connectivity index (χ2v) is 6.61. The van der Waals surface area contributed by atoms with Crippen molar-refractivity contribution >= 4 is 0 Å². The maximum absolute atomic E-state index is 5.54. The smallest absolute Gasteiger partial charge is 0.191 e. The van der Waals surface area contributed by atoms with Crippen molar-refractivity contribution in [2.45, 2.75) is 33.0 Å². The van der Waals surface area contributed by atoms with Crippen LogP contribution in [0, 0.1) is 6.92 Å². The van der Waals surface area contributed by atoms with Crippen LogP contribution < -0.4 is 9.47 Å². The van der Waals surface area contributed by atoms with Crippen molar-refractivity contribution in [1.29, 1.82) is 0 Å². The van der Waals surface area contributed by atoms with Crippen molar-refractivity contribution < 1.29 is 13.9 Å². The summed E-state index contributed by atoms with van der Waals surface area (Å²) in [7, 11) is 3.34. The van der Waals surface area contributed by atoms with Gasteiger partial charge in [-0.05, 0) is 13.0 Å². The molecule has 0 saturated carbocycles. The van der Waals surface area contributed by atoms with Crippen molar-refractivity contribution in [1.82, 2.24) is 24.6 Å². The van der Waals surface area contributed by atoms with Crippen molar-refractivity contribution in [3.8, 4) is 23.0 Å². The van der Waals surface area contributed by atoms with Crippen molar-refractivity contribution in [2.24, 2.45) is 0 Å². The zero-order valence-electron chi connectivity index (χ0n) is 16.0. The van der Waals surface area contributed by atoms with E-state index in [9.17, 15) is 0 Å². The first kappa shape index (κ1) is 17.5. The minimum atomic E-state index is 0.125. The molecule has 0 spiro atoms. The van der Waals surface area contributed by atoms with Crippen molar-refractivity contribution in [3.05, 3.63) is 41.7 Å². The lowest BCUT2D eigenvalue weighted by molar-refractivity contribution is 0.155. The zero-order valence-corrected chi connectivity index (χ0v) is 16.0. The summed E-state index contributed by atoms with van der Waals surface area (Å²) in [5.41, 5.74) is 1.84. The highest BCUT2D eigenvalue weighted by Crippen LogP contribution is 2.32. The van der Waals surface area contributed by atoms with Gasteiger partial charge in [-0.2, -0.15) is 0 Å². The van der Waals surface area contributed by atoms with Gasteiger partial charge >= 0.3 is 0 Å².